The first-order valence-corrected chi connectivity index (χ1v) is 9.46. The van der Waals surface area contributed by atoms with Crippen molar-refractivity contribution in [1.82, 2.24) is 4.90 Å². The van der Waals surface area contributed by atoms with Gasteiger partial charge >= 0.3 is 0 Å². The van der Waals surface area contributed by atoms with Crippen molar-refractivity contribution in [2.75, 3.05) is 13.2 Å². The van der Waals surface area contributed by atoms with Gasteiger partial charge in [-0.15, -0.1) is 0 Å². The fourth-order valence-electron chi connectivity index (χ4n) is 2.96. The molecule has 1 amide bonds. The van der Waals surface area contributed by atoms with Gasteiger partial charge in [0.2, 0.25) is 0 Å². The summed E-state index contributed by atoms with van der Waals surface area (Å²) in [5.74, 6) is 1.86. The van der Waals surface area contributed by atoms with Crippen molar-refractivity contribution in [2.45, 2.75) is 26.9 Å². The zero-order chi connectivity index (χ0) is 19.8. The minimum atomic E-state index is -0.0933. The van der Waals surface area contributed by atoms with E-state index < -0.39 is 0 Å². The van der Waals surface area contributed by atoms with Crippen molar-refractivity contribution in [2.24, 2.45) is 0 Å². The molecule has 5 nitrogen and oxygen atoms in total. The Morgan fingerprint density at radius 3 is 2.32 bits per heavy atom. The highest BCUT2D eigenvalue weighted by atomic mass is 16.5. The van der Waals surface area contributed by atoms with Crippen LogP contribution in [-0.4, -0.2) is 24.0 Å². The zero-order valence-corrected chi connectivity index (χ0v) is 16.3. The van der Waals surface area contributed by atoms with Gasteiger partial charge < -0.3 is 18.8 Å². The molecule has 0 radical (unpaired) electrons. The molecule has 1 heterocycles. The van der Waals surface area contributed by atoms with Gasteiger partial charge in [-0.1, -0.05) is 30.3 Å². The molecule has 146 valence electrons. The molecule has 0 saturated carbocycles. The van der Waals surface area contributed by atoms with Crippen LogP contribution in [-0.2, 0) is 13.1 Å². The minimum Gasteiger partial charge on any atom is -0.490 e. The molecule has 0 aliphatic heterocycles. The second kappa shape index (κ2) is 9.65. The van der Waals surface area contributed by atoms with Gasteiger partial charge in [-0.3, -0.25) is 4.79 Å². The number of furan rings is 1. The van der Waals surface area contributed by atoms with E-state index in [2.05, 4.69) is 0 Å². The fourth-order valence-corrected chi connectivity index (χ4v) is 2.96. The van der Waals surface area contributed by atoms with Gasteiger partial charge in [0.05, 0.1) is 26.0 Å². The highest BCUT2D eigenvalue weighted by molar-refractivity contribution is 5.94. The predicted molar refractivity (Wildman–Crippen MR) is 108 cm³/mol. The maximum Gasteiger partial charge on any atom is 0.254 e. The largest absolute Gasteiger partial charge is 0.490 e. The Kier molecular flexibility index (Phi) is 6.73. The van der Waals surface area contributed by atoms with E-state index in [1.165, 1.54) is 0 Å². The average Bonchev–Trinajstić information content (AvgIpc) is 3.22. The summed E-state index contributed by atoms with van der Waals surface area (Å²) in [6, 6.07) is 18.9. The van der Waals surface area contributed by atoms with E-state index >= 15 is 0 Å². The summed E-state index contributed by atoms with van der Waals surface area (Å²) in [6.07, 6.45) is 1.62. The quantitative estimate of drug-likeness (QED) is 0.529. The lowest BCUT2D eigenvalue weighted by Gasteiger charge is -2.22. The summed E-state index contributed by atoms with van der Waals surface area (Å²) < 4.78 is 16.7. The molecule has 0 aliphatic rings. The van der Waals surface area contributed by atoms with Crippen LogP contribution in [0.4, 0.5) is 0 Å². The number of hydrogen-bond donors (Lipinski definition) is 0. The number of rotatable bonds is 9. The Morgan fingerprint density at radius 1 is 0.893 bits per heavy atom. The van der Waals surface area contributed by atoms with Crippen LogP contribution in [0.1, 0.15) is 35.5 Å². The third-order valence-corrected chi connectivity index (χ3v) is 4.22. The Morgan fingerprint density at radius 2 is 1.64 bits per heavy atom. The first-order valence-electron chi connectivity index (χ1n) is 9.46. The van der Waals surface area contributed by atoms with Crippen molar-refractivity contribution in [3.8, 4) is 11.5 Å². The Labute approximate surface area is 165 Å². The molecular weight excluding hydrogens is 354 g/mol. The molecular formula is C23H25NO4. The van der Waals surface area contributed by atoms with E-state index in [0.29, 0.717) is 43.4 Å². The number of carbonyl (C=O) groups is 1. The summed E-state index contributed by atoms with van der Waals surface area (Å²) in [4.78, 5) is 15.1. The van der Waals surface area contributed by atoms with Crippen LogP contribution < -0.4 is 9.47 Å². The molecule has 0 bridgehead atoms. The molecule has 0 N–H and O–H groups in total. The normalized spacial score (nSPS) is 10.5. The third-order valence-electron chi connectivity index (χ3n) is 4.22. The zero-order valence-electron chi connectivity index (χ0n) is 16.3. The monoisotopic (exact) mass is 379 g/mol. The molecule has 28 heavy (non-hydrogen) atoms. The minimum absolute atomic E-state index is 0.0933. The van der Waals surface area contributed by atoms with Crippen molar-refractivity contribution in [1.29, 1.82) is 0 Å². The molecule has 0 saturated heterocycles. The van der Waals surface area contributed by atoms with E-state index in [0.717, 1.165) is 11.3 Å². The van der Waals surface area contributed by atoms with E-state index in [1.54, 1.807) is 29.4 Å². The second-order valence-corrected chi connectivity index (χ2v) is 6.25. The van der Waals surface area contributed by atoms with Crippen LogP contribution in [0.5, 0.6) is 11.5 Å². The third kappa shape index (κ3) is 4.94. The smallest absolute Gasteiger partial charge is 0.254 e. The number of carbonyl (C=O) groups excluding carboxylic acids is 1. The van der Waals surface area contributed by atoms with Crippen LogP contribution in [0.15, 0.2) is 71.3 Å². The first-order chi connectivity index (χ1) is 13.7. The van der Waals surface area contributed by atoms with Gasteiger partial charge in [-0.2, -0.15) is 0 Å². The molecule has 1 aromatic heterocycles. The number of amides is 1. The Balaban J connectivity index is 1.88. The lowest BCUT2D eigenvalue weighted by Crippen LogP contribution is -2.30. The van der Waals surface area contributed by atoms with Gasteiger partial charge in [0.25, 0.3) is 5.91 Å². The fraction of sp³-hybridized carbons (Fsp3) is 0.261. The van der Waals surface area contributed by atoms with E-state index in [-0.39, 0.29) is 5.91 Å². The van der Waals surface area contributed by atoms with E-state index in [1.807, 2.05) is 56.3 Å². The Bertz CT molecular complexity index is 875. The summed E-state index contributed by atoms with van der Waals surface area (Å²) in [7, 11) is 0. The van der Waals surface area contributed by atoms with Crippen LogP contribution >= 0.6 is 0 Å². The number of ether oxygens (including phenoxy) is 2. The van der Waals surface area contributed by atoms with Gasteiger partial charge in [0.1, 0.15) is 5.76 Å². The first kappa shape index (κ1) is 19.5. The van der Waals surface area contributed by atoms with Crippen molar-refractivity contribution in [3.63, 3.8) is 0 Å². The molecule has 2 aromatic carbocycles. The summed E-state index contributed by atoms with van der Waals surface area (Å²) in [6.45, 7) is 5.72. The van der Waals surface area contributed by atoms with Gasteiger partial charge in [-0.25, -0.2) is 0 Å². The van der Waals surface area contributed by atoms with Crippen LogP contribution in [0.25, 0.3) is 0 Å². The van der Waals surface area contributed by atoms with E-state index in [9.17, 15) is 4.79 Å². The topological polar surface area (TPSA) is 51.9 Å². The molecule has 0 unspecified atom stereocenters. The highest BCUT2D eigenvalue weighted by Crippen LogP contribution is 2.29. The molecule has 3 aromatic rings. The summed E-state index contributed by atoms with van der Waals surface area (Å²) in [5.41, 5.74) is 1.60. The second-order valence-electron chi connectivity index (χ2n) is 6.25. The predicted octanol–water partition coefficient (Wildman–Crippen LogP) is 4.92. The molecule has 0 fully saturated rings. The molecule has 0 spiro atoms. The van der Waals surface area contributed by atoms with Crippen LogP contribution in [0.3, 0.4) is 0 Å². The summed E-state index contributed by atoms with van der Waals surface area (Å²) >= 11 is 0. The van der Waals surface area contributed by atoms with Crippen molar-refractivity contribution < 1.29 is 18.7 Å². The molecule has 5 heteroatoms. The maximum absolute atomic E-state index is 13.3. The van der Waals surface area contributed by atoms with E-state index in [4.69, 9.17) is 13.9 Å². The number of hydrogen-bond acceptors (Lipinski definition) is 4. The van der Waals surface area contributed by atoms with Gasteiger partial charge in [0, 0.05) is 12.1 Å². The lowest BCUT2D eigenvalue weighted by molar-refractivity contribution is 0.0717. The standard InChI is InChI=1S/C23H25NO4/c1-3-26-21-13-12-19(15-22(21)27-4-2)23(25)24(17-20-11-8-14-28-20)16-18-9-6-5-7-10-18/h5-15H,3-4,16-17H2,1-2H3. The van der Waals surface area contributed by atoms with Crippen molar-refractivity contribution >= 4 is 5.91 Å². The molecule has 0 aliphatic carbocycles. The van der Waals surface area contributed by atoms with Gasteiger partial charge in [-0.05, 0) is 49.7 Å². The van der Waals surface area contributed by atoms with Crippen LogP contribution in [0, 0.1) is 0 Å². The van der Waals surface area contributed by atoms with Crippen molar-refractivity contribution in [3.05, 3.63) is 83.8 Å². The highest BCUT2D eigenvalue weighted by Gasteiger charge is 2.20. The molecule has 3 rings (SSSR count). The maximum atomic E-state index is 13.3. The average molecular weight is 379 g/mol. The SMILES string of the molecule is CCOc1ccc(C(=O)N(Cc2ccccc2)Cc2ccco2)cc1OCC. The number of nitrogens with zero attached hydrogens (tertiary/aromatic N) is 1. The van der Waals surface area contributed by atoms with Crippen LogP contribution in [0.2, 0.25) is 0 Å². The van der Waals surface area contributed by atoms with Gasteiger partial charge in [0.15, 0.2) is 11.5 Å². The molecule has 0 atom stereocenters. The number of benzene rings is 2. The summed E-state index contributed by atoms with van der Waals surface area (Å²) in [5, 5.41) is 0. The lowest BCUT2D eigenvalue weighted by atomic mass is 10.1. The Hall–Kier alpha value is -3.21.